The number of amides is 1. The Bertz CT molecular complexity index is 959. The second-order valence-corrected chi connectivity index (χ2v) is 8.32. The van der Waals surface area contributed by atoms with Gasteiger partial charge in [0.1, 0.15) is 10.9 Å². The highest BCUT2D eigenvalue weighted by molar-refractivity contribution is 8.26. The van der Waals surface area contributed by atoms with E-state index in [0.717, 1.165) is 11.1 Å². The summed E-state index contributed by atoms with van der Waals surface area (Å²) in [6.45, 7) is 4.87. The van der Waals surface area contributed by atoms with E-state index < -0.39 is 0 Å². The van der Waals surface area contributed by atoms with Crippen molar-refractivity contribution in [3.05, 3.63) is 63.0 Å². The summed E-state index contributed by atoms with van der Waals surface area (Å²) in [4.78, 5) is 14.5. The summed E-state index contributed by atoms with van der Waals surface area (Å²) in [7, 11) is 1.56. The highest BCUT2D eigenvalue weighted by Crippen LogP contribution is 2.39. The van der Waals surface area contributed by atoms with E-state index in [1.165, 1.54) is 17.3 Å². The van der Waals surface area contributed by atoms with Gasteiger partial charge in [0.25, 0.3) is 5.91 Å². The molecule has 0 unspecified atom stereocenters. The number of ether oxygens (including phenoxy) is 2. The smallest absolute Gasteiger partial charge is 0.266 e. The van der Waals surface area contributed by atoms with E-state index in [2.05, 4.69) is 6.07 Å². The van der Waals surface area contributed by atoms with Crippen molar-refractivity contribution >= 4 is 51.9 Å². The lowest BCUT2D eigenvalue weighted by Crippen LogP contribution is -2.27. The molecule has 0 saturated carbocycles. The lowest BCUT2D eigenvalue weighted by molar-refractivity contribution is -0.121. The van der Waals surface area contributed by atoms with Crippen LogP contribution in [0.25, 0.3) is 6.08 Å². The summed E-state index contributed by atoms with van der Waals surface area (Å²) in [5.41, 5.74) is 2.96. The number of thiocarbonyl (C=S) groups is 1. The first-order valence-electron chi connectivity index (χ1n) is 8.74. The van der Waals surface area contributed by atoms with E-state index >= 15 is 0 Å². The lowest BCUT2D eigenvalue weighted by Gasteiger charge is -2.14. The van der Waals surface area contributed by atoms with E-state index in [4.69, 9.17) is 33.3 Å². The van der Waals surface area contributed by atoms with Crippen LogP contribution in [-0.2, 0) is 11.4 Å². The minimum absolute atomic E-state index is 0.0904. The average Bonchev–Trinajstić information content (AvgIpc) is 2.93. The van der Waals surface area contributed by atoms with Gasteiger partial charge in [-0.25, -0.2) is 0 Å². The summed E-state index contributed by atoms with van der Waals surface area (Å²) in [5.74, 6) is 0.897. The molecule has 2 aromatic rings. The molecule has 0 spiro atoms. The molecule has 0 atom stereocenters. The number of rotatable bonds is 6. The molecule has 28 heavy (non-hydrogen) atoms. The van der Waals surface area contributed by atoms with Crippen molar-refractivity contribution in [2.24, 2.45) is 0 Å². The molecule has 0 aromatic heterocycles. The van der Waals surface area contributed by atoms with Crippen LogP contribution in [0.1, 0.15) is 23.6 Å². The Kier molecular flexibility index (Phi) is 6.65. The van der Waals surface area contributed by atoms with Gasteiger partial charge >= 0.3 is 0 Å². The largest absolute Gasteiger partial charge is 0.493 e. The predicted octanol–water partition coefficient (Wildman–Crippen LogP) is 5.46. The van der Waals surface area contributed by atoms with Gasteiger partial charge in [0.15, 0.2) is 11.5 Å². The predicted molar refractivity (Wildman–Crippen MR) is 119 cm³/mol. The van der Waals surface area contributed by atoms with Crippen molar-refractivity contribution in [2.45, 2.75) is 20.5 Å². The fraction of sp³-hybridized carbons (Fsp3) is 0.238. The van der Waals surface area contributed by atoms with Gasteiger partial charge < -0.3 is 9.47 Å². The van der Waals surface area contributed by atoms with Gasteiger partial charge in [-0.05, 0) is 43.2 Å². The van der Waals surface area contributed by atoms with Crippen LogP contribution in [0.15, 0.2) is 41.3 Å². The molecular weight excluding hydrogens is 414 g/mol. The second kappa shape index (κ2) is 8.99. The third kappa shape index (κ3) is 4.51. The molecule has 1 saturated heterocycles. The number of nitrogens with zero attached hydrogens (tertiary/aromatic N) is 1. The molecule has 2 aromatic carbocycles. The maximum Gasteiger partial charge on any atom is 0.266 e. The van der Waals surface area contributed by atoms with Gasteiger partial charge in [-0.2, -0.15) is 0 Å². The van der Waals surface area contributed by atoms with Crippen LogP contribution in [-0.4, -0.2) is 28.8 Å². The third-order valence-corrected chi connectivity index (χ3v) is 5.86. The van der Waals surface area contributed by atoms with Gasteiger partial charge in [-0.3, -0.25) is 9.69 Å². The van der Waals surface area contributed by atoms with Crippen LogP contribution in [0.4, 0.5) is 0 Å². The molecule has 1 fully saturated rings. The Labute approximate surface area is 179 Å². The van der Waals surface area contributed by atoms with Gasteiger partial charge in [0.2, 0.25) is 0 Å². The van der Waals surface area contributed by atoms with E-state index in [1.807, 2.05) is 32.0 Å². The molecule has 1 heterocycles. The Morgan fingerprint density at radius 2 is 2.07 bits per heavy atom. The van der Waals surface area contributed by atoms with Crippen molar-refractivity contribution in [1.82, 2.24) is 4.90 Å². The molecule has 1 aliphatic rings. The number of halogens is 1. The number of hydrogen-bond acceptors (Lipinski definition) is 5. The van der Waals surface area contributed by atoms with Crippen molar-refractivity contribution in [3.8, 4) is 11.5 Å². The monoisotopic (exact) mass is 433 g/mol. The molecule has 146 valence electrons. The van der Waals surface area contributed by atoms with Crippen molar-refractivity contribution in [2.75, 3.05) is 13.7 Å². The quantitative estimate of drug-likeness (QED) is 0.447. The molecule has 1 amide bonds. The number of hydrogen-bond donors (Lipinski definition) is 0. The van der Waals surface area contributed by atoms with Gasteiger partial charge in [-0.1, -0.05) is 65.4 Å². The normalized spacial score (nSPS) is 15.4. The minimum Gasteiger partial charge on any atom is -0.493 e. The molecular formula is C21H20ClNO3S2. The fourth-order valence-electron chi connectivity index (χ4n) is 2.84. The van der Waals surface area contributed by atoms with E-state index in [1.54, 1.807) is 30.2 Å². The number of aryl methyl sites for hydroxylation is 1. The summed E-state index contributed by atoms with van der Waals surface area (Å²) in [6.07, 6.45) is 1.77. The highest BCUT2D eigenvalue weighted by atomic mass is 35.5. The molecule has 1 aliphatic heterocycles. The highest BCUT2D eigenvalue weighted by Gasteiger charge is 2.30. The number of carbonyl (C=O) groups is 1. The summed E-state index contributed by atoms with van der Waals surface area (Å²) in [5, 5.41) is 0.421. The maximum atomic E-state index is 12.4. The number of likely N-dealkylation sites (N-methyl/N-ethyl adjacent to an activating group) is 1. The molecule has 4 nitrogen and oxygen atoms in total. The zero-order chi connectivity index (χ0) is 20.3. The topological polar surface area (TPSA) is 38.8 Å². The average molecular weight is 434 g/mol. The van der Waals surface area contributed by atoms with Crippen LogP contribution < -0.4 is 9.47 Å². The first kappa shape index (κ1) is 20.7. The van der Waals surface area contributed by atoms with Crippen LogP contribution >= 0.6 is 35.6 Å². The fourth-order valence-corrected chi connectivity index (χ4v) is 4.50. The minimum atomic E-state index is -0.0904. The molecule has 0 aliphatic carbocycles. The van der Waals surface area contributed by atoms with Crippen molar-refractivity contribution in [1.29, 1.82) is 0 Å². The Morgan fingerprint density at radius 1 is 1.29 bits per heavy atom. The maximum absolute atomic E-state index is 12.4. The Morgan fingerprint density at radius 3 is 2.71 bits per heavy atom. The van der Waals surface area contributed by atoms with Crippen LogP contribution in [0.2, 0.25) is 5.02 Å². The summed E-state index contributed by atoms with van der Waals surface area (Å²) < 4.78 is 12.0. The number of thioether (sulfide) groups is 1. The van der Waals surface area contributed by atoms with Crippen molar-refractivity contribution in [3.63, 3.8) is 0 Å². The lowest BCUT2D eigenvalue weighted by atomic mass is 10.1. The first-order valence-corrected chi connectivity index (χ1v) is 10.3. The standard InChI is InChI=1S/C21H20ClNO3S2/c1-4-23-20(24)18(28-21(23)27)11-15-9-16(22)19(17(10-15)25-3)26-12-14-7-5-6-13(2)8-14/h5-11H,4,12H2,1-3H3/b18-11+. The summed E-state index contributed by atoms with van der Waals surface area (Å²) >= 11 is 13.0. The SMILES string of the molecule is CCN1C(=O)/C(=C\c2cc(Cl)c(OCc3cccc(C)c3)c(OC)c2)SC1=S. The molecule has 7 heteroatoms. The zero-order valence-electron chi connectivity index (χ0n) is 15.8. The van der Waals surface area contributed by atoms with E-state index in [9.17, 15) is 4.79 Å². The van der Waals surface area contributed by atoms with Crippen LogP contribution in [0.3, 0.4) is 0 Å². The van der Waals surface area contributed by atoms with Crippen LogP contribution in [0.5, 0.6) is 11.5 Å². The molecule has 3 rings (SSSR count). The third-order valence-electron chi connectivity index (χ3n) is 4.21. The Balaban J connectivity index is 1.85. The Hall–Kier alpha value is -2.02. The molecule has 0 N–H and O–H groups in total. The van der Waals surface area contributed by atoms with E-state index in [0.29, 0.717) is 38.9 Å². The molecule has 0 radical (unpaired) electrons. The zero-order valence-corrected chi connectivity index (χ0v) is 18.2. The molecule has 0 bridgehead atoms. The summed E-state index contributed by atoms with van der Waals surface area (Å²) in [6, 6.07) is 11.6. The van der Waals surface area contributed by atoms with Crippen LogP contribution in [0, 0.1) is 6.92 Å². The second-order valence-electron chi connectivity index (χ2n) is 6.24. The number of benzene rings is 2. The van der Waals surface area contributed by atoms with Crippen molar-refractivity contribution < 1.29 is 14.3 Å². The number of methoxy groups -OCH3 is 1. The van der Waals surface area contributed by atoms with Gasteiger partial charge in [0, 0.05) is 6.54 Å². The van der Waals surface area contributed by atoms with E-state index in [-0.39, 0.29) is 5.91 Å². The van der Waals surface area contributed by atoms with Gasteiger partial charge in [0.05, 0.1) is 17.0 Å². The first-order chi connectivity index (χ1) is 13.4. The van der Waals surface area contributed by atoms with Gasteiger partial charge in [-0.15, -0.1) is 0 Å². The number of carbonyl (C=O) groups excluding carboxylic acids is 1.